The Bertz CT molecular complexity index is 1740. The van der Waals surface area contributed by atoms with Gasteiger partial charge < -0.3 is 29.4 Å². The zero-order chi connectivity index (χ0) is 34.5. The van der Waals surface area contributed by atoms with Crippen molar-refractivity contribution in [2.45, 2.75) is 49.0 Å². The Balaban J connectivity index is 1.24. The molecular formula is C33H34F2N2O10S. The third kappa shape index (κ3) is 8.27. The molecule has 2 aliphatic rings. The highest BCUT2D eigenvalue weighted by molar-refractivity contribution is 7.89. The van der Waals surface area contributed by atoms with Crippen LogP contribution in [0.3, 0.4) is 0 Å². The molecule has 0 radical (unpaired) electrons. The van der Waals surface area contributed by atoms with Crippen LogP contribution in [0.4, 0.5) is 13.6 Å². The Morgan fingerprint density at radius 3 is 2.33 bits per heavy atom. The van der Waals surface area contributed by atoms with Gasteiger partial charge in [0.15, 0.2) is 5.60 Å². The molecule has 0 spiro atoms. The maximum absolute atomic E-state index is 13.9. The number of sulfonamides is 1. The summed E-state index contributed by atoms with van der Waals surface area (Å²) in [7, 11) is -4.14. The number of hydrogen-bond acceptors (Lipinski definition) is 9. The van der Waals surface area contributed by atoms with Crippen LogP contribution in [-0.2, 0) is 45.8 Å². The normalized spacial score (nSPS) is 17.7. The molecule has 2 fully saturated rings. The van der Waals surface area contributed by atoms with Crippen LogP contribution in [0.25, 0.3) is 0 Å². The summed E-state index contributed by atoms with van der Waals surface area (Å²) in [5, 5.41) is 12.0. The highest BCUT2D eigenvalue weighted by atomic mass is 32.2. The van der Waals surface area contributed by atoms with Crippen LogP contribution in [0.1, 0.15) is 30.9 Å². The minimum atomic E-state index is -4.14. The average molecular weight is 689 g/mol. The second-order valence-corrected chi connectivity index (χ2v) is 13.5. The molecule has 48 heavy (non-hydrogen) atoms. The van der Waals surface area contributed by atoms with Gasteiger partial charge in [-0.15, -0.1) is 0 Å². The van der Waals surface area contributed by atoms with Gasteiger partial charge in [-0.25, -0.2) is 26.8 Å². The van der Waals surface area contributed by atoms with Gasteiger partial charge in [-0.2, -0.15) is 4.31 Å². The summed E-state index contributed by atoms with van der Waals surface area (Å²) in [6.45, 7) is 1.80. The van der Waals surface area contributed by atoms with Gasteiger partial charge in [-0.05, 0) is 60.4 Å². The van der Waals surface area contributed by atoms with Gasteiger partial charge in [0.05, 0.1) is 23.9 Å². The van der Waals surface area contributed by atoms with Crippen molar-refractivity contribution in [3.8, 4) is 5.75 Å². The molecule has 1 unspecified atom stereocenters. The number of amides is 1. The number of benzene rings is 3. The topological polar surface area (TPSA) is 158 Å². The predicted octanol–water partition coefficient (Wildman–Crippen LogP) is 3.98. The number of ether oxygens (including phenoxy) is 4. The second kappa shape index (κ2) is 14.7. The minimum Gasteiger partial charge on any atom is -0.480 e. The Morgan fingerprint density at radius 2 is 1.67 bits per heavy atom. The third-order valence-electron chi connectivity index (χ3n) is 8.02. The van der Waals surface area contributed by atoms with Crippen molar-refractivity contribution in [2.24, 2.45) is 5.92 Å². The molecule has 2 aliphatic heterocycles. The van der Waals surface area contributed by atoms with Gasteiger partial charge in [-0.3, -0.25) is 4.79 Å². The number of nitrogens with one attached hydrogen (secondary N) is 1. The molecular weight excluding hydrogens is 654 g/mol. The number of hydrogen-bond donors (Lipinski definition) is 2. The zero-order valence-electron chi connectivity index (χ0n) is 25.8. The van der Waals surface area contributed by atoms with Crippen LogP contribution < -0.4 is 10.1 Å². The number of aliphatic carboxylic acids is 1. The van der Waals surface area contributed by atoms with Crippen LogP contribution in [-0.4, -0.2) is 74.5 Å². The lowest BCUT2D eigenvalue weighted by Gasteiger charge is -2.48. The molecule has 0 saturated carbocycles. The molecule has 0 bridgehead atoms. The first-order valence-electron chi connectivity index (χ1n) is 15.1. The monoisotopic (exact) mass is 688 g/mol. The van der Waals surface area contributed by atoms with E-state index in [4.69, 9.17) is 18.9 Å². The summed E-state index contributed by atoms with van der Waals surface area (Å²) in [5.74, 6) is -3.23. The first-order valence-corrected chi connectivity index (χ1v) is 16.6. The van der Waals surface area contributed by atoms with Crippen LogP contribution >= 0.6 is 0 Å². The molecule has 256 valence electrons. The number of carbonyl (C=O) groups is 3. The van der Waals surface area contributed by atoms with E-state index in [1.807, 2.05) is 0 Å². The molecule has 2 atom stereocenters. The van der Waals surface area contributed by atoms with E-state index in [9.17, 15) is 36.7 Å². The van der Waals surface area contributed by atoms with Gasteiger partial charge in [0.2, 0.25) is 16.3 Å². The van der Waals surface area contributed by atoms with Crippen molar-refractivity contribution in [3.63, 3.8) is 0 Å². The Labute approximate surface area is 275 Å². The summed E-state index contributed by atoms with van der Waals surface area (Å²) in [5.41, 5.74) is -0.464. The fourth-order valence-corrected chi connectivity index (χ4v) is 7.08. The Kier molecular flexibility index (Phi) is 10.6. The van der Waals surface area contributed by atoms with E-state index < -0.39 is 57.6 Å². The zero-order valence-corrected chi connectivity index (χ0v) is 26.7. The molecule has 2 heterocycles. The van der Waals surface area contributed by atoms with Gasteiger partial charge in [0, 0.05) is 32.6 Å². The Morgan fingerprint density at radius 1 is 0.979 bits per heavy atom. The predicted molar refractivity (Wildman–Crippen MR) is 164 cm³/mol. The quantitative estimate of drug-likeness (QED) is 0.211. The fourth-order valence-electron chi connectivity index (χ4n) is 5.47. The number of rotatable bonds is 12. The van der Waals surface area contributed by atoms with Gasteiger partial charge in [-0.1, -0.05) is 30.3 Å². The molecule has 15 heteroatoms. The second-order valence-electron chi connectivity index (χ2n) is 11.5. The molecule has 0 aliphatic carbocycles. The molecule has 3 aromatic rings. The van der Waals surface area contributed by atoms with E-state index in [1.54, 1.807) is 0 Å². The Hall–Kier alpha value is -4.60. The van der Waals surface area contributed by atoms with Crippen molar-refractivity contribution in [1.29, 1.82) is 0 Å². The first kappa shape index (κ1) is 34.7. The van der Waals surface area contributed by atoms with Crippen LogP contribution in [0.2, 0.25) is 0 Å². The fraction of sp³-hybridized carbons (Fsp3) is 0.364. The van der Waals surface area contributed by atoms with Crippen molar-refractivity contribution in [3.05, 3.63) is 95.6 Å². The smallest absolute Gasteiger partial charge is 0.410 e. The van der Waals surface area contributed by atoms with E-state index in [2.05, 4.69) is 5.32 Å². The lowest BCUT2D eigenvalue weighted by Crippen LogP contribution is -2.64. The highest BCUT2D eigenvalue weighted by Crippen LogP contribution is 2.40. The molecule has 3 aromatic carbocycles. The van der Waals surface area contributed by atoms with Crippen LogP contribution in [0.5, 0.6) is 5.75 Å². The van der Waals surface area contributed by atoms with Crippen LogP contribution in [0.15, 0.2) is 77.7 Å². The molecule has 0 aromatic heterocycles. The van der Waals surface area contributed by atoms with Crippen molar-refractivity contribution in [2.75, 3.05) is 26.3 Å². The van der Waals surface area contributed by atoms with E-state index in [-0.39, 0.29) is 41.6 Å². The number of halogens is 2. The third-order valence-corrected chi connectivity index (χ3v) is 9.81. The first-order chi connectivity index (χ1) is 22.8. The molecule has 5 rings (SSSR count). The van der Waals surface area contributed by atoms with Crippen molar-refractivity contribution >= 4 is 28.1 Å². The van der Waals surface area contributed by atoms with E-state index in [0.717, 1.165) is 10.4 Å². The van der Waals surface area contributed by atoms with Gasteiger partial charge in [0.1, 0.15) is 23.4 Å². The molecule has 12 nitrogen and oxygen atoms in total. The largest absolute Gasteiger partial charge is 0.480 e. The van der Waals surface area contributed by atoms with Crippen LogP contribution in [0, 0.1) is 17.6 Å². The molecule has 2 N–H and O–H groups in total. The summed E-state index contributed by atoms with van der Waals surface area (Å²) in [6, 6.07) is 14.8. The standard InChI is InChI=1S/C33H34F2N2O10S/c1-21(45-31(40)23-12-14-44-15-13-23)46-32(41)36-29(30(38)39)17-22-4-2-7-28(16-22)48(42,43)37-19-33(20-37,24-8-10-25(34)11-9-24)47-27-6-3-5-26(35)18-27/h2-11,16,18,21,23,29H,12-15,17,19-20H2,1H3,(H,36,41)(H,38,39)/t21?,29-/m0/s1. The average Bonchev–Trinajstić information content (AvgIpc) is 3.03. The number of carboxylic acids is 1. The summed E-state index contributed by atoms with van der Waals surface area (Å²) < 4.78 is 77.6. The lowest BCUT2D eigenvalue weighted by atomic mass is 9.87. The number of esters is 1. The van der Waals surface area contributed by atoms with E-state index in [1.165, 1.54) is 73.7 Å². The number of carbonyl (C=O) groups excluding carboxylic acids is 2. The van der Waals surface area contributed by atoms with Crippen molar-refractivity contribution in [1.82, 2.24) is 9.62 Å². The number of nitrogens with zero attached hydrogens (tertiary/aromatic N) is 1. The summed E-state index contributed by atoms with van der Waals surface area (Å²) in [4.78, 5) is 36.6. The van der Waals surface area contributed by atoms with Crippen molar-refractivity contribution < 1.29 is 55.6 Å². The van der Waals surface area contributed by atoms with E-state index in [0.29, 0.717) is 31.6 Å². The minimum absolute atomic E-state index is 0.140. The van der Waals surface area contributed by atoms with Gasteiger partial charge >= 0.3 is 18.0 Å². The van der Waals surface area contributed by atoms with Gasteiger partial charge in [0.25, 0.3) is 0 Å². The summed E-state index contributed by atoms with van der Waals surface area (Å²) >= 11 is 0. The molecule has 1 amide bonds. The summed E-state index contributed by atoms with van der Waals surface area (Å²) in [6.07, 6.45) is -1.78. The maximum Gasteiger partial charge on any atom is 0.410 e. The number of alkyl carbamates (subject to hydrolysis) is 1. The SMILES string of the molecule is CC(OC(=O)N[C@@H](Cc1cccc(S(=O)(=O)N2CC(Oc3cccc(F)c3)(c3ccc(F)cc3)C2)c1)C(=O)O)OC(=O)C1CCOCC1. The van der Waals surface area contributed by atoms with E-state index >= 15 is 0 Å². The lowest BCUT2D eigenvalue weighted by molar-refractivity contribution is -0.173. The molecule has 2 saturated heterocycles. The highest BCUT2D eigenvalue weighted by Gasteiger charge is 2.52. The maximum atomic E-state index is 13.9. The number of carboxylic acid groups (broad SMARTS) is 1.